The topological polar surface area (TPSA) is 265 Å². The second kappa shape index (κ2) is 33.6. The van der Waals surface area contributed by atoms with Crippen LogP contribution in [0, 0.1) is 0 Å². The number of hydrogen-bond acceptors (Lipinski definition) is 18. The minimum atomic E-state index is -4.83. The normalized spacial score (nSPS) is 13.6. The third-order valence-electron chi connectivity index (χ3n) is 17.1. The van der Waals surface area contributed by atoms with Crippen LogP contribution < -0.4 is 14.2 Å². The van der Waals surface area contributed by atoms with Crippen molar-refractivity contribution in [1.29, 1.82) is 0 Å². The first-order chi connectivity index (χ1) is 47.5. The first-order valence-electron chi connectivity index (χ1n) is 34.5. The molecule has 3 atom stereocenters. The average molecular weight is 1440 g/mol. The smallest absolute Gasteiger partial charge is 0.413 e. The van der Waals surface area contributed by atoms with Gasteiger partial charge in [-0.1, -0.05) is 42.9 Å². The largest absolute Gasteiger partial charge is 0.598 e. The fourth-order valence-electron chi connectivity index (χ4n) is 12.0. The van der Waals surface area contributed by atoms with Crippen molar-refractivity contribution in [3.05, 3.63) is 83.2 Å². The number of aromatic nitrogens is 8. The number of ether oxygens (including phenoxy) is 6. The number of esters is 4. The molecule has 2 aromatic carbocycles. The molecule has 101 heavy (non-hydrogen) atoms. The lowest BCUT2D eigenvalue weighted by atomic mass is 10.0. The number of hydrogen-bond donors (Lipinski definition) is 1. The van der Waals surface area contributed by atoms with Gasteiger partial charge in [0, 0.05) is 62.2 Å². The highest BCUT2D eigenvalue weighted by Gasteiger charge is 2.47. The molecule has 22 nitrogen and oxygen atoms in total. The molecule has 0 saturated carbocycles. The Labute approximate surface area is 595 Å². The van der Waals surface area contributed by atoms with Gasteiger partial charge in [-0.2, -0.15) is 13.2 Å². The van der Waals surface area contributed by atoms with Crippen LogP contribution in [0.2, 0.25) is 0 Å². The average Bonchev–Trinajstić information content (AvgIpc) is 1.60. The van der Waals surface area contributed by atoms with Gasteiger partial charge in [-0.25, -0.2) is 29.5 Å². The van der Waals surface area contributed by atoms with E-state index in [9.17, 15) is 41.5 Å². The summed E-state index contributed by atoms with van der Waals surface area (Å²) in [7, 11) is 8.03. The quantitative estimate of drug-likeness (QED) is 0.0129. The second-order valence-electron chi connectivity index (χ2n) is 29.1. The molecular weight excluding hydrogens is 1340 g/mol. The maximum Gasteiger partial charge on any atom is 0.413 e. The number of imidazole rings is 2. The Kier molecular flexibility index (Phi) is 26.3. The molecule has 0 fully saturated rings. The molecule has 1 N–H and O–H groups in total. The number of rotatable bonds is 34. The number of halogens is 3. The molecule has 8 rings (SSSR count). The number of nitrogens with one attached hydrogen (secondary N) is 1. The molecule has 27 heteroatoms. The zero-order valence-electron chi connectivity index (χ0n) is 61.2. The van der Waals surface area contributed by atoms with Gasteiger partial charge in [0.15, 0.2) is 17.7 Å². The molecule has 0 aliphatic carbocycles. The van der Waals surface area contributed by atoms with Gasteiger partial charge in [0.2, 0.25) is 0 Å². The van der Waals surface area contributed by atoms with Crippen molar-refractivity contribution >= 4 is 96.9 Å². The number of carbonyl (C=O) groups is 4. The van der Waals surface area contributed by atoms with Crippen molar-refractivity contribution in [3.8, 4) is 34.5 Å². The molecule has 8 aromatic rings. The van der Waals surface area contributed by atoms with Crippen molar-refractivity contribution < 1.29 is 69.9 Å². The minimum absolute atomic E-state index is 0.110. The zero-order valence-corrected chi connectivity index (χ0v) is 62.9. The molecule has 0 aliphatic heterocycles. The zero-order chi connectivity index (χ0) is 73.9. The van der Waals surface area contributed by atoms with Crippen LogP contribution in [-0.4, -0.2) is 132 Å². The Balaban J connectivity index is 0.924. The van der Waals surface area contributed by atoms with E-state index in [-0.39, 0.29) is 35.5 Å². The van der Waals surface area contributed by atoms with Crippen LogP contribution in [0.3, 0.4) is 0 Å². The van der Waals surface area contributed by atoms with E-state index in [0.717, 1.165) is 62.4 Å². The Morgan fingerprint density at radius 1 is 0.584 bits per heavy atom. The van der Waals surface area contributed by atoms with Crippen LogP contribution in [0.15, 0.2) is 65.1 Å². The predicted molar refractivity (Wildman–Crippen MR) is 389 cm³/mol. The third-order valence-corrected chi connectivity index (χ3v) is 20.1. The van der Waals surface area contributed by atoms with Gasteiger partial charge in [-0.15, -0.1) is 4.72 Å². The Bertz CT molecular complexity index is 4250. The van der Waals surface area contributed by atoms with Gasteiger partial charge >= 0.3 is 30.1 Å². The molecule has 0 bridgehead atoms. The summed E-state index contributed by atoms with van der Waals surface area (Å²) in [4.78, 5) is 70.8. The number of pyridine rings is 2. The summed E-state index contributed by atoms with van der Waals surface area (Å²) >= 11 is -3.74. The van der Waals surface area contributed by atoms with Crippen molar-refractivity contribution in [2.45, 2.75) is 225 Å². The number of carbonyl (C=O) groups excluding carboxylic acids is 4. The number of unbranched alkanes of at least 4 members (excludes halogenated alkanes) is 10. The molecule has 3 unspecified atom stereocenters. The monoisotopic (exact) mass is 1440 g/mol. The molecule has 0 saturated heterocycles. The number of alkyl halides is 3. The van der Waals surface area contributed by atoms with Gasteiger partial charge in [-0.05, 0) is 188 Å². The molecule has 6 heterocycles. The van der Waals surface area contributed by atoms with Crippen LogP contribution in [0.4, 0.5) is 13.2 Å². The van der Waals surface area contributed by atoms with Crippen LogP contribution in [0.5, 0.6) is 11.5 Å². The van der Waals surface area contributed by atoms with Gasteiger partial charge in [0.25, 0.3) is 0 Å². The number of aryl methyl sites for hydroxylation is 4. The van der Waals surface area contributed by atoms with Crippen LogP contribution in [-0.2, 0) is 78.4 Å². The lowest BCUT2D eigenvalue weighted by Gasteiger charge is -2.28. The number of fused-ring (bicyclic) bond motifs is 4. The Morgan fingerprint density at radius 2 is 1.05 bits per heavy atom. The van der Waals surface area contributed by atoms with E-state index in [1.54, 1.807) is 71.5 Å². The van der Waals surface area contributed by atoms with Gasteiger partial charge in [0.1, 0.15) is 72.1 Å². The fraction of sp³-hybridized carbons (Fsp3) is 0.554. The predicted octanol–water partition coefficient (Wildman–Crippen LogP) is 15.6. The third kappa shape index (κ3) is 20.6. The van der Waals surface area contributed by atoms with E-state index in [1.165, 1.54) is 20.3 Å². The van der Waals surface area contributed by atoms with Gasteiger partial charge < -0.3 is 55.8 Å². The SMILES string of the molecule is COC(=O)c1cc(OC)c2c(c1)nc(-c1cc3ccc(/C=N/[S+]([O-])C(C)(C)CCCCCOC(=O)c4cc(OC)c5c(c4)nc(-c4cc6ccc(C(N[S+]([O-])C(C)(C)C)C(F)(F)F)nc6n4CCCCCCCC(=O)OC(C)(C)C)n5C)nc3n1CCCCCCCC(=O)OC(C)(C)C)n2C. The summed E-state index contributed by atoms with van der Waals surface area (Å²) in [6, 6.07) is 14.7. The molecule has 0 aliphatic rings. The first-order valence-corrected chi connectivity index (χ1v) is 36.8. The van der Waals surface area contributed by atoms with Gasteiger partial charge in [-0.3, -0.25) is 9.59 Å². The lowest BCUT2D eigenvalue weighted by molar-refractivity contribution is -0.156. The maximum absolute atomic E-state index is 14.8. The van der Waals surface area contributed by atoms with Crippen LogP contribution in [0.25, 0.3) is 67.2 Å². The van der Waals surface area contributed by atoms with E-state index < -0.39 is 67.6 Å². The number of nitrogens with zero attached hydrogens (tertiary/aromatic N) is 9. The summed E-state index contributed by atoms with van der Waals surface area (Å²) in [6.45, 7) is 20.7. The van der Waals surface area contributed by atoms with Gasteiger partial charge in [0.05, 0.1) is 72.9 Å². The first kappa shape index (κ1) is 79.0. The van der Waals surface area contributed by atoms with Crippen molar-refractivity contribution in [1.82, 2.24) is 42.9 Å². The maximum atomic E-state index is 14.8. The van der Waals surface area contributed by atoms with Crippen LogP contribution in [0.1, 0.15) is 217 Å². The van der Waals surface area contributed by atoms with E-state index in [2.05, 4.69) is 18.7 Å². The van der Waals surface area contributed by atoms with Crippen molar-refractivity contribution in [2.24, 2.45) is 18.5 Å². The van der Waals surface area contributed by atoms with Crippen molar-refractivity contribution in [3.63, 3.8) is 0 Å². The summed E-state index contributed by atoms with van der Waals surface area (Å²) in [6.07, 6.45) is 7.63. The molecule has 0 spiro atoms. The summed E-state index contributed by atoms with van der Waals surface area (Å²) in [5.74, 6) is 0.319. The molecular formula is C74H99F3N10O12S2. The summed E-state index contributed by atoms with van der Waals surface area (Å²) in [5, 5.41) is 1.41. The lowest BCUT2D eigenvalue weighted by Crippen LogP contribution is -2.46. The van der Waals surface area contributed by atoms with E-state index in [1.807, 2.05) is 100 Å². The highest BCUT2D eigenvalue weighted by Crippen LogP contribution is 2.40. The summed E-state index contributed by atoms with van der Waals surface area (Å²) < 4.78 is 118. The Hall–Kier alpha value is -7.72. The highest BCUT2D eigenvalue weighted by atomic mass is 32.2. The number of benzene rings is 2. The van der Waals surface area contributed by atoms with E-state index in [4.69, 9.17) is 43.4 Å². The molecule has 0 radical (unpaired) electrons. The molecule has 6 aromatic heterocycles. The van der Waals surface area contributed by atoms with Crippen molar-refractivity contribution in [2.75, 3.05) is 27.9 Å². The standard InChI is InChI=1S/C74H99F3N10O12S2/c1-70(2,3)98-59(88)30-24-19-17-21-27-37-86-55(66-81-53-40-49(68(90)96-16)44-57(94-14)61(53)84(66)12)42-47-32-34-51(79-64(47)86)46-78-101(93)73(10,11)36-26-23-29-39-97-69(91)50-41-54-62(58(45-50)95-15)85(13)67(82-54)56-43-48-33-35-52(63(74(75,76)77)83-100(92)72(7,8)9)80-65(48)87(56)38-28-22-18-20-25-31-60(89)99-71(4,5)6/h32-35,40-46,63,83H,17-31,36-39H2,1-16H3/b78-46+. The number of methoxy groups -OCH3 is 3. The fourth-order valence-corrected chi connectivity index (χ4v) is 13.6. The highest BCUT2D eigenvalue weighted by molar-refractivity contribution is 7.91. The second-order valence-corrected chi connectivity index (χ2v) is 32.9. The van der Waals surface area contributed by atoms with Crippen LogP contribution >= 0.6 is 0 Å². The summed E-state index contributed by atoms with van der Waals surface area (Å²) in [5.41, 5.74) is 4.13. The van der Waals surface area contributed by atoms with E-state index >= 15 is 0 Å². The van der Waals surface area contributed by atoms with E-state index in [0.29, 0.717) is 138 Å². The minimum Gasteiger partial charge on any atom is -0.598 e. The Morgan fingerprint density at radius 3 is 1.52 bits per heavy atom. The molecule has 0 amide bonds. The molecule has 550 valence electrons.